The third-order valence-corrected chi connectivity index (χ3v) is 3.39. The highest BCUT2D eigenvalue weighted by atomic mass is 35.5. The van der Waals surface area contributed by atoms with Crippen molar-refractivity contribution in [2.24, 2.45) is 0 Å². The summed E-state index contributed by atoms with van der Waals surface area (Å²) < 4.78 is 18.5. The Labute approximate surface area is 115 Å². The van der Waals surface area contributed by atoms with E-state index in [-0.39, 0.29) is 11.1 Å². The van der Waals surface area contributed by atoms with Crippen LogP contribution >= 0.6 is 11.6 Å². The molecule has 1 aliphatic rings. The molecule has 1 aromatic carbocycles. The quantitative estimate of drug-likeness (QED) is 0.873. The Balaban J connectivity index is 2.05. The number of aliphatic carboxylic acids is 1. The molecule has 0 amide bonds. The Morgan fingerprint density at radius 2 is 2.42 bits per heavy atom. The van der Waals surface area contributed by atoms with Crippen LogP contribution in [0.15, 0.2) is 18.2 Å². The van der Waals surface area contributed by atoms with Crippen LogP contribution < -0.4 is 5.32 Å². The van der Waals surface area contributed by atoms with E-state index in [2.05, 4.69) is 5.32 Å². The van der Waals surface area contributed by atoms with Crippen LogP contribution in [0, 0.1) is 5.82 Å². The maximum Gasteiger partial charge on any atom is 0.325 e. The summed E-state index contributed by atoms with van der Waals surface area (Å²) in [7, 11) is 0. The number of ether oxygens (including phenoxy) is 1. The molecule has 0 bridgehead atoms. The van der Waals surface area contributed by atoms with Crippen molar-refractivity contribution in [1.29, 1.82) is 0 Å². The largest absolute Gasteiger partial charge is 0.480 e. The smallest absolute Gasteiger partial charge is 0.325 e. The zero-order valence-corrected chi connectivity index (χ0v) is 11.0. The van der Waals surface area contributed by atoms with Gasteiger partial charge in [0.05, 0.1) is 11.1 Å². The number of halogens is 2. The number of benzene rings is 1. The number of hydrogen-bond acceptors (Lipinski definition) is 3. The number of hydrogen-bond donors (Lipinski definition) is 2. The fraction of sp³-hybridized carbons (Fsp3) is 0.462. The van der Waals surface area contributed by atoms with Gasteiger partial charge in [0.1, 0.15) is 11.9 Å². The molecule has 4 nitrogen and oxygen atoms in total. The first-order valence-electron chi connectivity index (χ1n) is 6.10. The molecular formula is C13H15ClFNO3. The fourth-order valence-electron chi connectivity index (χ4n) is 2.09. The van der Waals surface area contributed by atoms with Crippen LogP contribution in [-0.4, -0.2) is 30.3 Å². The molecule has 1 saturated heterocycles. The first-order chi connectivity index (χ1) is 9.08. The van der Waals surface area contributed by atoms with E-state index in [1.807, 2.05) is 0 Å². The van der Waals surface area contributed by atoms with Crippen LogP contribution in [0.5, 0.6) is 0 Å². The van der Waals surface area contributed by atoms with Crippen molar-refractivity contribution in [3.05, 3.63) is 34.6 Å². The van der Waals surface area contributed by atoms with Crippen LogP contribution in [-0.2, 0) is 9.53 Å². The number of carbonyl (C=O) groups is 1. The molecule has 19 heavy (non-hydrogen) atoms. The number of carboxylic acids is 1. The molecule has 2 rings (SSSR count). The molecule has 6 heteroatoms. The maximum absolute atomic E-state index is 13.1. The summed E-state index contributed by atoms with van der Waals surface area (Å²) in [5.41, 5.74) is 0.428. The lowest BCUT2D eigenvalue weighted by atomic mass is 10.1. The third kappa shape index (κ3) is 3.65. The summed E-state index contributed by atoms with van der Waals surface area (Å²) in [6.07, 6.45) is 1.95. The SMILES string of the molecule is O=C(O)C(NCC1CCCO1)c1ccc(F)c(Cl)c1. The summed E-state index contributed by atoms with van der Waals surface area (Å²) in [5, 5.41) is 12.1. The Kier molecular flexibility index (Phi) is 4.74. The number of rotatable bonds is 5. The molecule has 104 valence electrons. The average molecular weight is 288 g/mol. The lowest BCUT2D eigenvalue weighted by Crippen LogP contribution is -2.34. The van der Waals surface area contributed by atoms with Gasteiger partial charge in [-0.15, -0.1) is 0 Å². The van der Waals surface area contributed by atoms with Gasteiger partial charge in [-0.3, -0.25) is 10.1 Å². The highest BCUT2D eigenvalue weighted by Gasteiger charge is 2.23. The number of carboxylic acid groups (broad SMARTS) is 1. The van der Waals surface area contributed by atoms with Crippen molar-refractivity contribution in [3.63, 3.8) is 0 Å². The van der Waals surface area contributed by atoms with Crippen molar-refractivity contribution in [3.8, 4) is 0 Å². The average Bonchev–Trinajstić information content (AvgIpc) is 2.86. The molecule has 1 fully saturated rings. The van der Waals surface area contributed by atoms with Crippen LogP contribution in [0.3, 0.4) is 0 Å². The van der Waals surface area contributed by atoms with Crippen LogP contribution in [0.1, 0.15) is 24.4 Å². The Morgan fingerprint density at radius 1 is 1.63 bits per heavy atom. The molecule has 2 unspecified atom stereocenters. The minimum Gasteiger partial charge on any atom is -0.480 e. The van der Waals surface area contributed by atoms with Crippen molar-refractivity contribution >= 4 is 17.6 Å². The Morgan fingerprint density at radius 3 is 3.00 bits per heavy atom. The zero-order valence-electron chi connectivity index (χ0n) is 10.2. The zero-order chi connectivity index (χ0) is 13.8. The highest BCUT2D eigenvalue weighted by molar-refractivity contribution is 6.30. The van der Waals surface area contributed by atoms with Gasteiger partial charge in [0, 0.05) is 13.2 Å². The van der Waals surface area contributed by atoms with E-state index in [4.69, 9.17) is 16.3 Å². The molecule has 0 aliphatic carbocycles. The van der Waals surface area contributed by atoms with Gasteiger partial charge < -0.3 is 9.84 Å². The number of nitrogens with one attached hydrogen (secondary N) is 1. The van der Waals surface area contributed by atoms with Crippen LogP contribution in [0.25, 0.3) is 0 Å². The first-order valence-corrected chi connectivity index (χ1v) is 6.48. The minimum absolute atomic E-state index is 0.0396. The fourth-order valence-corrected chi connectivity index (χ4v) is 2.28. The van der Waals surface area contributed by atoms with Gasteiger partial charge in [0.15, 0.2) is 0 Å². The van der Waals surface area contributed by atoms with Gasteiger partial charge in [-0.05, 0) is 30.5 Å². The normalized spacial score (nSPS) is 20.4. The molecule has 2 atom stereocenters. The topological polar surface area (TPSA) is 58.6 Å². The summed E-state index contributed by atoms with van der Waals surface area (Å²) in [6.45, 7) is 1.17. The van der Waals surface area contributed by atoms with Gasteiger partial charge in [0.2, 0.25) is 0 Å². The molecule has 0 spiro atoms. The molecule has 1 aromatic rings. The van der Waals surface area contributed by atoms with Crippen LogP contribution in [0.4, 0.5) is 4.39 Å². The second-order valence-electron chi connectivity index (χ2n) is 4.49. The third-order valence-electron chi connectivity index (χ3n) is 3.10. The van der Waals surface area contributed by atoms with E-state index in [1.54, 1.807) is 0 Å². The molecule has 2 N–H and O–H groups in total. The van der Waals surface area contributed by atoms with Gasteiger partial charge >= 0.3 is 5.97 Å². The Bertz CT molecular complexity index is 463. The Hall–Kier alpha value is -1.17. The van der Waals surface area contributed by atoms with Crippen molar-refractivity contribution in [1.82, 2.24) is 5.32 Å². The molecule has 0 radical (unpaired) electrons. The standard InChI is InChI=1S/C13H15ClFNO3/c14-10-6-8(3-4-11(10)15)12(13(17)18)16-7-9-2-1-5-19-9/h3-4,6,9,12,16H,1-2,5,7H2,(H,17,18). The van der Waals surface area contributed by atoms with E-state index in [0.717, 1.165) is 12.8 Å². The predicted molar refractivity (Wildman–Crippen MR) is 68.8 cm³/mol. The van der Waals surface area contributed by atoms with E-state index in [1.165, 1.54) is 18.2 Å². The lowest BCUT2D eigenvalue weighted by molar-refractivity contribution is -0.139. The molecule has 1 heterocycles. The van der Waals surface area contributed by atoms with Gasteiger partial charge in [-0.2, -0.15) is 0 Å². The summed E-state index contributed by atoms with van der Waals surface area (Å²) in [5.74, 6) is -1.59. The van der Waals surface area contributed by atoms with Crippen molar-refractivity contribution < 1.29 is 19.0 Å². The molecule has 0 saturated carbocycles. The van der Waals surface area contributed by atoms with Gasteiger partial charge in [-0.25, -0.2) is 4.39 Å². The summed E-state index contributed by atoms with van der Waals surface area (Å²) in [4.78, 5) is 11.3. The second kappa shape index (κ2) is 6.32. The minimum atomic E-state index is -1.03. The molecular weight excluding hydrogens is 273 g/mol. The van der Waals surface area contributed by atoms with Crippen molar-refractivity contribution in [2.45, 2.75) is 25.0 Å². The second-order valence-corrected chi connectivity index (χ2v) is 4.90. The first kappa shape index (κ1) is 14.2. The van der Waals surface area contributed by atoms with Gasteiger partial charge in [0.25, 0.3) is 0 Å². The monoisotopic (exact) mass is 287 g/mol. The van der Waals surface area contributed by atoms with Crippen molar-refractivity contribution in [2.75, 3.05) is 13.2 Å². The highest BCUT2D eigenvalue weighted by Crippen LogP contribution is 2.22. The summed E-state index contributed by atoms with van der Waals surface area (Å²) in [6, 6.07) is 3.00. The van der Waals surface area contributed by atoms with Gasteiger partial charge in [-0.1, -0.05) is 17.7 Å². The van der Waals surface area contributed by atoms with E-state index in [9.17, 15) is 14.3 Å². The lowest BCUT2D eigenvalue weighted by Gasteiger charge is -2.18. The van der Waals surface area contributed by atoms with E-state index >= 15 is 0 Å². The molecule has 0 aromatic heterocycles. The van der Waals surface area contributed by atoms with E-state index < -0.39 is 17.8 Å². The maximum atomic E-state index is 13.1. The molecule has 1 aliphatic heterocycles. The van der Waals surface area contributed by atoms with E-state index in [0.29, 0.717) is 18.7 Å². The van der Waals surface area contributed by atoms with Crippen LogP contribution in [0.2, 0.25) is 5.02 Å². The summed E-state index contributed by atoms with van der Waals surface area (Å²) >= 11 is 5.67. The predicted octanol–water partition coefficient (Wildman–Crippen LogP) is 2.37.